The van der Waals surface area contributed by atoms with E-state index in [9.17, 15) is 9.59 Å². The lowest BCUT2D eigenvalue weighted by atomic mass is 9.88. The first kappa shape index (κ1) is 18.9. The molecule has 0 saturated carbocycles. The Morgan fingerprint density at radius 3 is 2.89 bits per heavy atom. The summed E-state index contributed by atoms with van der Waals surface area (Å²) in [7, 11) is 1.34. The van der Waals surface area contributed by atoms with E-state index in [1.165, 1.54) is 18.4 Å². The zero-order valence-electron chi connectivity index (χ0n) is 15.2. The lowest BCUT2D eigenvalue weighted by molar-refractivity contribution is -0.118. The number of esters is 1. The van der Waals surface area contributed by atoms with Crippen molar-refractivity contribution in [3.05, 3.63) is 45.8 Å². The normalized spacial score (nSPS) is 15.4. The third kappa shape index (κ3) is 4.12. The van der Waals surface area contributed by atoms with Gasteiger partial charge in [-0.05, 0) is 42.9 Å². The highest BCUT2D eigenvalue weighted by Gasteiger charge is 2.28. The Balaban J connectivity index is 1.76. The number of anilines is 1. The highest BCUT2D eigenvalue weighted by molar-refractivity contribution is 7.17. The van der Waals surface area contributed by atoms with Crippen LogP contribution in [-0.2, 0) is 22.4 Å². The molecule has 1 amide bonds. The standard InChI is InChI=1S/C20H20N2O4S/c1-12-7-8-14-16(9-12)27-19(18(14)20(24)25-2)22-17(23)11-26-15-6-4-3-5-13(15)10-21/h3-6,12H,7-9,11H2,1-2H3,(H,22,23). The van der Waals surface area contributed by atoms with Crippen molar-refractivity contribution in [1.29, 1.82) is 5.26 Å². The molecule has 1 unspecified atom stereocenters. The summed E-state index contributed by atoms with van der Waals surface area (Å²) in [6.45, 7) is 1.93. The maximum Gasteiger partial charge on any atom is 0.341 e. The number of hydrogen-bond donors (Lipinski definition) is 1. The highest BCUT2D eigenvalue weighted by Crippen LogP contribution is 2.40. The van der Waals surface area contributed by atoms with Crippen LogP contribution in [-0.4, -0.2) is 25.6 Å². The van der Waals surface area contributed by atoms with Crippen LogP contribution in [0.5, 0.6) is 5.75 Å². The fourth-order valence-electron chi connectivity index (χ4n) is 3.15. The van der Waals surface area contributed by atoms with Crippen LogP contribution in [0.1, 0.15) is 39.7 Å². The maximum atomic E-state index is 12.4. The number of amides is 1. The molecule has 0 saturated heterocycles. The van der Waals surface area contributed by atoms with Crippen molar-refractivity contribution in [2.24, 2.45) is 5.92 Å². The van der Waals surface area contributed by atoms with E-state index >= 15 is 0 Å². The number of rotatable bonds is 5. The number of nitrogens with one attached hydrogen (secondary N) is 1. The summed E-state index contributed by atoms with van der Waals surface area (Å²) in [5, 5.41) is 12.4. The predicted octanol–water partition coefficient (Wildman–Crippen LogP) is 3.55. The number of para-hydroxylation sites is 1. The van der Waals surface area contributed by atoms with E-state index in [0.717, 1.165) is 29.7 Å². The van der Waals surface area contributed by atoms with Gasteiger partial charge >= 0.3 is 5.97 Å². The van der Waals surface area contributed by atoms with Gasteiger partial charge in [0.2, 0.25) is 0 Å². The zero-order chi connectivity index (χ0) is 19.4. The van der Waals surface area contributed by atoms with Crippen LogP contribution in [0.2, 0.25) is 0 Å². The van der Waals surface area contributed by atoms with E-state index in [0.29, 0.717) is 27.8 Å². The Kier molecular flexibility index (Phi) is 5.77. The first-order valence-corrected chi connectivity index (χ1v) is 9.49. The lowest BCUT2D eigenvalue weighted by Crippen LogP contribution is -2.21. The van der Waals surface area contributed by atoms with Gasteiger partial charge in [0, 0.05) is 4.88 Å². The quantitative estimate of drug-likeness (QED) is 0.797. The molecule has 1 aliphatic rings. The monoisotopic (exact) mass is 384 g/mol. The Bertz CT molecular complexity index is 913. The Morgan fingerprint density at radius 1 is 1.37 bits per heavy atom. The third-order valence-corrected chi connectivity index (χ3v) is 5.69. The molecule has 6 nitrogen and oxygen atoms in total. The number of nitriles is 1. The van der Waals surface area contributed by atoms with E-state index in [2.05, 4.69) is 12.2 Å². The third-order valence-electron chi connectivity index (χ3n) is 4.52. The van der Waals surface area contributed by atoms with E-state index in [1.54, 1.807) is 24.3 Å². The Morgan fingerprint density at radius 2 is 2.15 bits per heavy atom. The van der Waals surface area contributed by atoms with Gasteiger partial charge in [0.1, 0.15) is 16.8 Å². The molecule has 1 aliphatic carbocycles. The molecule has 0 spiro atoms. The minimum atomic E-state index is -0.437. The summed E-state index contributed by atoms with van der Waals surface area (Å²) in [4.78, 5) is 25.7. The van der Waals surface area contributed by atoms with Gasteiger partial charge in [0.05, 0.1) is 18.2 Å². The van der Waals surface area contributed by atoms with Gasteiger partial charge in [-0.1, -0.05) is 19.1 Å². The van der Waals surface area contributed by atoms with Crippen LogP contribution in [0.3, 0.4) is 0 Å². The molecule has 7 heteroatoms. The number of carbonyl (C=O) groups is 2. The number of benzene rings is 1. The first-order chi connectivity index (χ1) is 13.0. The molecule has 1 atom stereocenters. The Labute approximate surface area is 161 Å². The van der Waals surface area contributed by atoms with Crippen molar-refractivity contribution in [2.45, 2.75) is 26.2 Å². The van der Waals surface area contributed by atoms with Crippen molar-refractivity contribution in [3.63, 3.8) is 0 Å². The van der Waals surface area contributed by atoms with E-state index < -0.39 is 5.97 Å². The van der Waals surface area contributed by atoms with Crippen molar-refractivity contribution >= 4 is 28.2 Å². The van der Waals surface area contributed by atoms with Crippen molar-refractivity contribution in [2.75, 3.05) is 19.0 Å². The largest absolute Gasteiger partial charge is 0.482 e. The molecule has 0 fully saturated rings. The second kappa shape index (κ2) is 8.23. The summed E-state index contributed by atoms with van der Waals surface area (Å²) in [6.07, 6.45) is 2.71. The molecule has 0 aliphatic heterocycles. The smallest absolute Gasteiger partial charge is 0.341 e. The average Bonchev–Trinajstić information content (AvgIpc) is 3.02. The molecular weight excluding hydrogens is 364 g/mol. The van der Waals surface area contributed by atoms with Gasteiger partial charge < -0.3 is 14.8 Å². The molecule has 0 radical (unpaired) electrons. The SMILES string of the molecule is COC(=O)c1c(NC(=O)COc2ccccc2C#N)sc2c1CCC(C)C2. The summed E-state index contributed by atoms with van der Waals surface area (Å²) in [5.41, 5.74) is 1.80. The molecule has 1 aromatic carbocycles. The summed E-state index contributed by atoms with van der Waals surface area (Å²) < 4.78 is 10.4. The lowest BCUT2D eigenvalue weighted by Gasteiger charge is -2.18. The highest BCUT2D eigenvalue weighted by atomic mass is 32.1. The Hall–Kier alpha value is -2.85. The first-order valence-electron chi connectivity index (χ1n) is 8.68. The number of nitrogens with zero attached hydrogens (tertiary/aromatic N) is 1. The van der Waals surface area contributed by atoms with Crippen molar-refractivity contribution in [1.82, 2.24) is 0 Å². The number of thiophene rings is 1. The fourth-order valence-corrected chi connectivity index (χ4v) is 4.56. The fraction of sp³-hybridized carbons (Fsp3) is 0.350. The molecule has 27 heavy (non-hydrogen) atoms. The number of fused-ring (bicyclic) bond motifs is 1. The number of ether oxygens (including phenoxy) is 2. The van der Waals surface area contributed by atoms with Crippen LogP contribution in [0.4, 0.5) is 5.00 Å². The van der Waals surface area contributed by atoms with Crippen LogP contribution in [0.15, 0.2) is 24.3 Å². The molecule has 1 N–H and O–H groups in total. The summed E-state index contributed by atoms with van der Waals surface area (Å²) in [5.74, 6) is 0.0753. The van der Waals surface area contributed by atoms with Gasteiger partial charge in [-0.15, -0.1) is 11.3 Å². The number of hydrogen-bond acceptors (Lipinski definition) is 6. The zero-order valence-corrected chi connectivity index (χ0v) is 16.0. The molecule has 140 valence electrons. The minimum Gasteiger partial charge on any atom is -0.482 e. The molecule has 0 bridgehead atoms. The van der Waals surface area contributed by atoms with Crippen LogP contribution in [0.25, 0.3) is 0 Å². The van der Waals surface area contributed by atoms with Gasteiger partial charge in [0.25, 0.3) is 5.91 Å². The van der Waals surface area contributed by atoms with E-state index in [-0.39, 0.29) is 12.5 Å². The molecule has 1 heterocycles. The molecular formula is C20H20N2O4S. The van der Waals surface area contributed by atoms with Crippen LogP contribution >= 0.6 is 11.3 Å². The van der Waals surface area contributed by atoms with Gasteiger partial charge in [-0.3, -0.25) is 4.79 Å². The summed E-state index contributed by atoms with van der Waals surface area (Å²) in [6, 6.07) is 8.74. The average molecular weight is 384 g/mol. The van der Waals surface area contributed by atoms with Crippen molar-refractivity contribution in [3.8, 4) is 11.8 Å². The predicted molar refractivity (Wildman–Crippen MR) is 102 cm³/mol. The van der Waals surface area contributed by atoms with E-state index in [4.69, 9.17) is 14.7 Å². The van der Waals surface area contributed by atoms with Gasteiger partial charge in [-0.2, -0.15) is 5.26 Å². The maximum absolute atomic E-state index is 12.4. The van der Waals surface area contributed by atoms with Gasteiger partial charge in [-0.25, -0.2) is 4.79 Å². The van der Waals surface area contributed by atoms with Crippen LogP contribution < -0.4 is 10.1 Å². The molecule has 1 aromatic heterocycles. The minimum absolute atomic E-state index is 0.252. The van der Waals surface area contributed by atoms with Gasteiger partial charge in [0.15, 0.2) is 6.61 Å². The number of carbonyl (C=O) groups excluding carboxylic acids is 2. The van der Waals surface area contributed by atoms with Crippen molar-refractivity contribution < 1.29 is 19.1 Å². The van der Waals surface area contributed by atoms with Crippen LogP contribution in [0, 0.1) is 17.2 Å². The molecule has 2 aromatic rings. The number of methoxy groups -OCH3 is 1. The second-order valence-corrected chi connectivity index (χ2v) is 7.60. The molecule has 3 rings (SSSR count). The second-order valence-electron chi connectivity index (χ2n) is 6.49. The summed E-state index contributed by atoms with van der Waals surface area (Å²) >= 11 is 1.43. The van der Waals surface area contributed by atoms with E-state index in [1.807, 2.05) is 6.07 Å². The topological polar surface area (TPSA) is 88.4 Å².